The van der Waals surface area contributed by atoms with Gasteiger partial charge in [0.25, 0.3) is 0 Å². The van der Waals surface area contributed by atoms with Crippen LogP contribution in [-0.2, 0) is 0 Å². The van der Waals surface area contributed by atoms with E-state index >= 15 is 8.78 Å². The molecule has 2 aromatic heterocycles. The third-order valence-corrected chi connectivity index (χ3v) is 5.29. The zero-order valence-corrected chi connectivity index (χ0v) is 18.0. The lowest BCUT2D eigenvalue weighted by atomic mass is 10.0. The highest BCUT2D eigenvalue weighted by molar-refractivity contribution is 6.16. The Morgan fingerprint density at radius 1 is 1.09 bits per heavy atom. The molecule has 2 heterocycles. The van der Waals surface area contributed by atoms with Gasteiger partial charge in [-0.25, -0.2) is 8.78 Å². The fourth-order valence-electron chi connectivity index (χ4n) is 3.97. The summed E-state index contributed by atoms with van der Waals surface area (Å²) in [7, 11) is 4.95. The lowest BCUT2D eigenvalue weighted by Gasteiger charge is -2.15. The molecule has 0 unspecified atom stereocenters. The Bertz CT molecular complexity index is 1390. The predicted molar refractivity (Wildman–Crippen MR) is 123 cm³/mol. The first kappa shape index (κ1) is 21.7. The fourth-order valence-corrected chi connectivity index (χ4v) is 3.97. The van der Waals surface area contributed by atoms with Gasteiger partial charge in [-0.3, -0.25) is 0 Å². The van der Waals surface area contributed by atoms with Crippen molar-refractivity contribution in [1.82, 2.24) is 14.5 Å². The molecule has 0 spiro atoms. The lowest BCUT2D eigenvalue weighted by molar-refractivity contribution is 0.318. The van der Waals surface area contributed by atoms with Crippen LogP contribution >= 0.6 is 0 Å². The molecular weight excluding hydrogens is 434 g/mol. The molecule has 0 saturated carbocycles. The number of hydrogen-bond acceptors (Lipinski definition) is 7. The molecule has 0 radical (unpaired) electrons. The zero-order chi connectivity index (χ0) is 23.9. The number of nitrogens with one attached hydrogen (secondary N) is 3. The zero-order valence-electron chi connectivity index (χ0n) is 18.0. The quantitative estimate of drug-likeness (QED) is 0.114. The van der Waals surface area contributed by atoms with Crippen LogP contribution in [0.15, 0.2) is 41.6 Å². The molecule has 12 heteroatoms. The summed E-state index contributed by atoms with van der Waals surface area (Å²) in [4.78, 5) is 1.43. The molecule has 0 fully saturated rings. The molecule has 4 rings (SSSR count). The van der Waals surface area contributed by atoms with Gasteiger partial charge in [0.1, 0.15) is 11.6 Å². The first-order valence-corrected chi connectivity index (χ1v) is 9.84. The molecule has 0 amide bonds. The van der Waals surface area contributed by atoms with E-state index < -0.39 is 11.6 Å². The van der Waals surface area contributed by atoms with E-state index in [1.807, 2.05) is 0 Å². The highest BCUT2D eigenvalue weighted by atomic mass is 19.1. The molecule has 0 aliphatic rings. The van der Waals surface area contributed by atoms with Gasteiger partial charge in [0.2, 0.25) is 0 Å². The Hall–Kier alpha value is -4.48. The number of nitrogens with two attached hydrogens (primary N) is 1. The molecule has 0 bridgehead atoms. The van der Waals surface area contributed by atoms with Gasteiger partial charge in [0, 0.05) is 32.6 Å². The van der Waals surface area contributed by atoms with Gasteiger partial charge in [0.15, 0.2) is 23.3 Å². The SMILES string of the molecule is CNc1nn(NC)c(NC)c1-c1c(/C(N)=N/O)c2c(F)cccc2n1-c1ccc(O)cc1F. The molecule has 0 atom stereocenters. The van der Waals surface area contributed by atoms with Crippen LogP contribution in [0.2, 0.25) is 0 Å². The number of aromatic hydroxyl groups is 1. The summed E-state index contributed by atoms with van der Waals surface area (Å²) in [6.07, 6.45) is 0. The molecule has 0 aliphatic carbocycles. The van der Waals surface area contributed by atoms with Gasteiger partial charge >= 0.3 is 0 Å². The van der Waals surface area contributed by atoms with E-state index in [0.717, 1.165) is 6.07 Å². The third kappa shape index (κ3) is 3.23. The van der Waals surface area contributed by atoms with Crippen LogP contribution in [0, 0.1) is 11.6 Å². The molecule has 4 aromatic rings. The van der Waals surface area contributed by atoms with Gasteiger partial charge in [0.05, 0.1) is 28.0 Å². The van der Waals surface area contributed by atoms with Crippen molar-refractivity contribution in [3.8, 4) is 22.7 Å². The maximum atomic E-state index is 15.2. The number of anilines is 2. The van der Waals surface area contributed by atoms with E-state index in [4.69, 9.17) is 5.73 Å². The summed E-state index contributed by atoms with van der Waals surface area (Å²) in [5, 5.41) is 32.9. The molecule has 33 heavy (non-hydrogen) atoms. The number of hydrogen-bond donors (Lipinski definition) is 6. The monoisotopic (exact) mass is 456 g/mol. The first-order valence-electron chi connectivity index (χ1n) is 9.84. The minimum atomic E-state index is -0.763. The van der Waals surface area contributed by atoms with Crippen LogP contribution in [0.4, 0.5) is 20.4 Å². The van der Waals surface area contributed by atoms with Gasteiger partial charge in [-0.2, -0.15) is 4.79 Å². The number of benzene rings is 2. The van der Waals surface area contributed by atoms with Crippen molar-refractivity contribution in [3.05, 3.63) is 53.6 Å². The van der Waals surface area contributed by atoms with Crippen molar-refractivity contribution in [2.75, 3.05) is 37.2 Å². The van der Waals surface area contributed by atoms with Crippen molar-refractivity contribution in [1.29, 1.82) is 0 Å². The van der Waals surface area contributed by atoms with Gasteiger partial charge < -0.3 is 36.7 Å². The predicted octanol–water partition coefficient (Wildman–Crippen LogP) is 2.83. The number of oxime groups is 1. The maximum Gasteiger partial charge on any atom is 0.173 e. The second kappa shape index (κ2) is 8.22. The lowest BCUT2D eigenvalue weighted by Crippen LogP contribution is -2.16. The number of halogens is 2. The molecule has 0 saturated heterocycles. The van der Waals surface area contributed by atoms with E-state index in [1.165, 1.54) is 33.6 Å². The fraction of sp³-hybridized carbons (Fsp3) is 0.143. The largest absolute Gasteiger partial charge is 0.508 e. The minimum absolute atomic E-state index is 0.0108. The van der Waals surface area contributed by atoms with Gasteiger partial charge in [-0.1, -0.05) is 11.2 Å². The average molecular weight is 456 g/mol. The van der Waals surface area contributed by atoms with Crippen molar-refractivity contribution < 1.29 is 19.1 Å². The summed E-state index contributed by atoms with van der Waals surface area (Å²) in [5.41, 5.74) is 9.88. The Labute approximate surface area is 186 Å². The van der Waals surface area contributed by atoms with Crippen LogP contribution in [0.1, 0.15) is 5.56 Å². The molecule has 0 aliphatic heterocycles. The smallest absolute Gasteiger partial charge is 0.173 e. The Morgan fingerprint density at radius 2 is 1.85 bits per heavy atom. The first-order chi connectivity index (χ1) is 15.9. The number of phenolic OH excluding ortho intramolecular Hbond substituents is 1. The van der Waals surface area contributed by atoms with Crippen molar-refractivity contribution in [3.63, 3.8) is 0 Å². The summed E-state index contributed by atoms with van der Waals surface area (Å²) < 4.78 is 31.7. The second-order valence-electron chi connectivity index (χ2n) is 7.02. The van der Waals surface area contributed by atoms with Crippen LogP contribution in [0.3, 0.4) is 0 Å². The molecule has 2 aromatic carbocycles. The van der Waals surface area contributed by atoms with Crippen molar-refractivity contribution >= 4 is 28.4 Å². The average Bonchev–Trinajstić information content (AvgIpc) is 3.34. The van der Waals surface area contributed by atoms with E-state index in [0.29, 0.717) is 17.2 Å². The summed E-state index contributed by atoms with van der Waals surface area (Å²) >= 11 is 0. The third-order valence-electron chi connectivity index (χ3n) is 5.29. The van der Waals surface area contributed by atoms with Crippen molar-refractivity contribution in [2.24, 2.45) is 10.9 Å². The van der Waals surface area contributed by atoms with E-state index in [1.54, 1.807) is 27.2 Å². The number of fused-ring (bicyclic) bond motifs is 1. The van der Waals surface area contributed by atoms with Crippen LogP contribution in [0.25, 0.3) is 27.8 Å². The van der Waals surface area contributed by atoms with E-state index in [9.17, 15) is 10.3 Å². The Morgan fingerprint density at radius 3 is 2.45 bits per heavy atom. The normalized spacial score (nSPS) is 11.7. The van der Waals surface area contributed by atoms with E-state index in [2.05, 4.69) is 26.3 Å². The number of rotatable bonds is 6. The van der Waals surface area contributed by atoms with Crippen LogP contribution < -0.4 is 21.8 Å². The van der Waals surface area contributed by atoms with Crippen LogP contribution in [0.5, 0.6) is 5.75 Å². The Balaban J connectivity index is 2.31. The summed E-state index contributed by atoms with van der Waals surface area (Å²) in [6, 6.07) is 7.90. The number of amidine groups is 1. The van der Waals surface area contributed by atoms with Crippen LogP contribution in [-0.4, -0.2) is 51.7 Å². The highest BCUT2D eigenvalue weighted by Gasteiger charge is 2.31. The Kier molecular flexibility index (Phi) is 5.42. The summed E-state index contributed by atoms with van der Waals surface area (Å²) in [5.74, 6) is -1.26. The highest BCUT2D eigenvalue weighted by Crippen LogP contribution is 2.44. The van der Waals surface area contributed by atoms with Crippen molar-refractivity contribution in [2.45, 2.75) is 0 Å². The van der Waals surface area contributed by atoms with Gasteiger partial charge in [-0.05, 0) is 24.3 Å². The van der Waals surface area contributed by atoms with Gasteiger partial charge in [-0.15, -0.1) is 5.10 Å². The van der Waals surface area contributed by atoms with E-state index in [-0.39, 0.29) is 39.4 Å². The molecule has 172 valence electrons. The standard InChI is InChI=1S/C21H22F2N8O2/c1-25-20-17(21(26-2)31(27-3)28-20)18-16(19(24)29-33)15-11(22)5-4-6-14(15)30(18)13-8-7-10(32)9-12(13)23/h4-9,26-27,32-33H,1-3H3,(H2,24,29)(H,25,28). The second-order valence-corrected chi connectivity index (χ2v) is 7.02. The minimum Gasteiger partial charge on any atom is -0.508 e. The topological polar surface area (TPSA) is 138 Å². The molecule has 7 N–H and O–H groups in total. The molecular formula is C21H22F2N8O2. The maximum absolute atomic E-state index is 15.2. The molecule has 10 nitrogen and oxygen atoms in total. The number of nitrogens with zero attached hydrogens (tertiary/aromatic N) is 4. The summed E-state index contributed by atoms with van der Waals surface area (Å²) in [6.45, 7) is 0. The number of aromatic nitrogens is 3. The number of phenols is 1.